The number of hydrogen-bond donors (Lipinski definition) is 1. The maximum absolute atomic E-state index is 14.5. The monoisotopic (exact) mass is 367 g/mol. The van der Waals surface area contributed by atoms with Gasteiger partial charge in [0.1, 0.15) is 23.1 Å². The molecule has 0 atom stereocenters. The number of anilines is 3. The smallest absolute Gasteiger partial charge is 0.264 e. The van der Waals surface area contributed by atoms with Gasteiger partial charge >= 0.3 is 0 Å². The standard InChI is InChI=1S/C19H18FN5O2/c1-24-16-7-21-18(6-17(16)27-9-19(24)26)23-13-5-15-14(4-12(13)20)22-10-25(15)8-11-2-3-11/h4-7,10-11H,2-3,8-9H2,1H3,(H,21,23). The van der Waals surface area contributed by atoms with Crippen molar-refractivity contribution in [3.63, 3.8) is 0 Å². The van der Waals surface area contributed by atoms with Crippen LogP contribution in [-0.4, -0.2) is 34.1 Å². The van der Waals surface area contributed by atoms with Crippen molar-refractivity contribution in [3.8, 4) is 5.75 Å². The number of nitrogens with zero attached hydrogens (tertiary/aromatic N) is 4. The van der Waals surface area contributed by atoms with E-state index < -0.39 is 5.82 Å². The zero-order valence-corrected chi connectivity index (χ0v) is 14.8. The summed E-state index contributed by atoms with van der Waals surface area (Å²) in [6.45, 7) is 0.889. The van der Waals surface area contributed by atoms with Crippen molar-refractivity contribution in [2.75, 3.05) is 23.9 Å². The van der Waals surface area contributed by atoms with Crippen molar-refractivity contribution >= 4 is 34.1 Å². The number of imidazole rings is 1. The molecular formula is C19H18FN5O2. The lowest BCUT2D eigenvalue weighted by Crippen LogP contribution is -2.35. The highest BCUT2D eigenvalue weighted by Crippen LogP contribution is 2.35. The summed E-state index contributed by atoms with van der Waals surface area (Å²) in [5.41, 5.74) is 2.45. The van der Waals surface area contributed by atoms with Gasteiger partial charge in [-0.2, -0.15) is 0 Å². The van der Waals surface area contributed by atoms with Gasteiger partial charge in [0.15, 0.2) is 6.61 Å². The van der Waals surface area contributed by atoms with Crippen LogP contribution in [0.5, 0.6) is 5.75 Å². The predicted octanol–water partition coefficient (Wildman–Crippen LogP) is 3.08. The van der Waals surface area contributed by atoms with Gasteiger partial charge in [-0.3, -0.25) is 4.79 Å². The van der Waals surface area contributed by atoms with Crippen LogP contribution in [0.25, 0.3) is 11.0 Å². The Kier molecular flexibility index (Phi) is 3.53. The molecule has 3 heterocycles. The molecule has 5 rings (SSSR count). The number of carbonyl (C=O) groups is 1. The third-order valence-electron chi connectivity index (χ3n) is 5.06. The zero-order chi connectivity index (χ0) is 18.5. The van der Waals surface area contributed by atoms with Crippen molar-refractivity contribution in [2.24, 2.45) is 5.92 Å². The van der Waals surface area contributed by atoms with Crippen LogP contribution in [0.2, 0.25) is 0 Å². The van der Waals surface area contributed by atoms with Gasteiger partial charge in [-0.15, -0.1) is 0 Å². The van der Waals surface area contributed by atoms with Gasteiger partial charge in [0.05, 0.1) is 29.2 Å². The number of halogens is 1. The summed E-state index contributed by atoms with van der Waals surface area (Å²) in [5.74, 6) is 1.15. The third-order valence-corrected chi connectivity index (χ3v) is 5.06. The molecule has 0 saturated heterocycles. The van der Waals surface area contributed by atoms with E-state index in [1.54, 1.807) is 31.7 Å². The number of ether oxygens (including phenoxy) is 1. The SMILES string of the molecule is CN1C(=O)COc2cc(Nc3cc4c(cc3F)ncn4CC3CC3)ncc21. The molecule has 3 aromatic rings. The third kappa shape index (κ3) is 2.87. The molecule has 1 aromatic carbocycles. The van der Waals surface area contributed by atoms with Crippen LogP contribution in [-0.2, 0) is 11.3 Å². The Labute approximate surface area is 154 Å². The molecule has 1 aliphatic carbocycles. The van der Waals surface area contributed by atoms with Crippen LogP contribution in [0.1, 0.15) is 12.8 Å². The van der Waals surface area contributed by atoms with Gasteiger partial charge < -0.3 is 19.5 Å². The number of pyridine rings is 1. The molecule has 1 saturated carbocycles. The van der Waals surface area contributed by atoms with Gasteiger partial charge in [0.25, 0.3) is 5.91 Å². The highest BCUT2D eigenvalue weighted by Gasteiger charge is 2.24. The van der Waals surface area contributed by atoms with Crippen molar-refractivity contribution in [1.29, 1.82) is 0 Å². The fourth-order valence-corrected chi connectivity index (χ4v) is 3.27. The first kappa shape index (κ1) is 16.0. The first-order chi connectivity index (χ1) is 13.1. The molecule has 1 amide bonds. The van der Waals surface area contributed by atoms with E-state index >= 15 is 0 Å². The number of aromatic nitrogens is 3. The average Bonchev–Trinajstić information content (AvgIpc) is 3.40. The van der Waals surface area contributed by atoms with E-state index in [-0.39, 0.29) is 12.5 Å². The summed E-state index contributed by atoms with van der Waals surface area (Å²) < 4.78 is 22.1. The number of carbonyl (C=O) groups excluding carboxylic acids is 1. The van der Waals surface area contributed by atoms with E-state index in [1.807, 2.05) is 0 Å². The number of nitrogens with one attached hydrogen (secondary N) is 1. The Hall–Kier alpha value is -3.16. The summed E-state index contributed by atoms with van der Waals surface area (Å²) in [7, 11) is 1.67. The first-order valence-corrected chi connectivity index (χ1v) is 8.89. The van der Waals surface area contributed by atoms with Crippen LogP contribution in [0.4, 0.5) is 21.6 Å². The van der Waals surface area contributed by atoms with E-state index in [0.29, 0.717) is 34.4 Å². The minimum absolute atomic E-state index is 0.0202. The van der Waals surface area contributed by atoms with Crippen molar-refractivity contribution < 1.29 is 13.9 Å². The maximum atomic E-state index is 14.5. The molecule has 8 heteroatoms. The molecule has 7 nitrogen and oxygen atoms in total. The van der Waals surface area contributed by atoms with Gasteiger partial charge in [-0.1, -0.05) is 0 Å². The molecule has 1 fully saturated rings. The number of amides is 1. The average molecular weight is 367 g/mol. The lowest BCUT2D eigenvalue weighted by atomic mass is 10.2. The van der Waals surface area contributed by atoms with Crippen molar-refractivity contribution in [2.45, 2.75) is 19.4 Å². The van der Waals surface area contributed by atoms with E-state index in [0.717, 1.165) is 12.1 Å². The van der Waals surface area contributed by atoms with Gasteiger partial charge in [-0.05, 0) is 24.8 Å². The molecule has 27 heavy (non-hydrogen) atoms. The van der Waals surface area contributed by atoms with Crippen LogP contribution in [0.3, 0.4) is 0 Å². The molecule has 0 radical (unpaired) electrons. The second kappa shape index (κ2) is 5.94. The highest BCUT2D eigenvalue weighted by molar-refractivity contribution is 5.97. The highest BCUT2D eigenvalue weighted by atomic mass is 19.1. The molecule has 2 aromatic heterocycles. The number of fused-ring (bicyclic) bond motifs is 2. The summed E-state index contributed by atoms with van der Waals surface area (Å²) in [5, 5.41) is 3.02. The fourth-order valence-electron chi connectivity index (χ4n) is 3.27. The minimum atomic E-state index is -0.396. The van der Waals surface area contributed by atoms with Gasteiger partial charge in [0.2, 0.25) is 0 Å². The topological polar surface area (TPSA) is 72.3 Å². The van der Waals surface area contributed by atoms with Crippen LogP contribution in [0.15, 0.2) is 30.7 Å². The van der Waals surface area contributed by atoms with Gasteiger partial charge in [-0.25, -0.2) is 14.4 Å². The quantitative estimate of drug-likeness (QED) is 0.767. The van der Waals surface area contributed by atoms with Crippen LogP contribution < -0.4 is 15.0 Å². The molecular weight excluding hydrogens is 349 g/mol. The van der Waals surface area contributed by atoms with E-state index in [4.69, 9.17) is 4.74 Å². The lowest BCUT2D eigenvalue weighted by molar-refractivity contribution is -0.120. The molecule has 138 valence electrons. The van der Waals surface area contributed by atoms with E-state index in [9.17, 15) is 9.18 Å². The lowest BCUT2D eigenvalue weighted by Gasteiger charge is -2.25. The normalized spacial score (nSPS) is 16.4. The van der Waals surface area contributed by atoms with Crippen LogP contribution >= 0.6 is 0 Å². The Morgan fingerprint density at radius 3 is 2.96 bits per heavy atom. The summed E-state index contributed by atoms with van der Waals surface area (Å²) in [4.78, 5) is 21.8. The summed E-state index contributed by atoms with van der Waals surface area (Å²) >= 11 is 0. The predicted molar refractivity (Wildman–Crippen MR) is 98.8 cm³/mol. The molecule has 1 aliphatic heterocycles. The fraction of sp³-hybridized carbons (Fsp3) is 0.316. The van der Waals surface area contributed by atoms with Crippen molar-refractivity contribution in [1.82, 2.24) is 14.5 Å². The Bertz CT molecular complexity index is 1060. The van der Waals surface area contributed by atoms with Crippen LogP contribution in [0, 0.1) is 11.7 Å². The second-order valence-electron chi connectivity index (χ2n) is 7.06. The number of rotatable bonds is 4. The molecule has 0 unspecified atom stereocenters. The summed E-state index contributed by atoms with van der Waals surface area (Å²) in [6, 6.07) is 4.86. The first-order valence-electron chi connectivity index (χ1n) is 8.89. The van der Waals surface area contributed by atoms with Gasteiger partial charge in [0, 0.05) is 25.7 Å². The summed E-state index contributed by atoms with van der Waals surface area (Å²) in [6.07, 6.45) is 5.79. The maximum Gasteiger partial charge on any atom is 0.264 e. The van der Waals surface area contributed by atoms with E-state index in [1.165, 1.54) is 23.8 Å². The largest absolute Gasteiger partial charge is 0.481 e. The molecule has 1 N–H and O–H groups in total. The number of benzene rings is 1. The van der Waals surface area contributed by atoms with E-state index in [2.05, 4.69) is 19.9 Å². The molecule has 0 spiro atoms. The number of likely N-dealkylation sites (N-methyl/N-ethyl adjacent to an activating group) is 1. The molecule has 2 aliphatic rings. The zero-order valence-electron chi connectivity index (χ0n) is 14.8. The number of hydrogen-bond acceptors (Lipinski definition) is 5. The Morgan fingerprint density at radius 2 is 2.15 bits per heavy atom. The Morgan fingerprint density at radius 1 is 1.30 bits per heavy atom. The minimum Gasteiger partial charge on any atom is -0.481 e. The van der Waals surface area contributed by atoms with Crippen molar-refractivity contribution in [3.05, 3.63) is 36.5 Å². The Balaban J connectivity index is 1.47. The second-order valence-corrected chi connectivity index (χ2v) is 7.06. The molecule has 0 bridgehead atoms.